The summed E-state index contributed by atoms with van der Waals surface area (Å²) in [4.78, 5) is 8.02. The number of halogens is 3. The number of anilines is 1. The van der Waals surface area contributed by atoms with Crippen molar-refractivity contribution in [1.82, 2.24) is 19.7 Å². The van der Waals surface area contributed by atoms with E-state index in [0.717, 1.165) is 0 Å². The van der Waals surface area contributed by atoms with Crippen LogP contribution in [0.4, 0.5) is 19.0 Å². The molecule has 2 aromatic rings. The number of hydrogen-bond acceptors (Lipinski definition) is 6. The van der Waals surface area contributed by atoms with Gasteiger partial charge in [-0.25, -0.2) is 15.8 Å². The summed E-state index contributed by atoms with van der Waals surface area (Å²) in [6, 6.07) is 0. The number of nitrogens with zero attached hydrogens (tertiary/aromatic N) is 4. The Balaban J connectivity index is 2.21. The van der Waals surface area contributed by atoms with E-state index >= 15 is 0 Å². The molecule has 0 aromatic carbocycles. The minimum atomic E-state index is -4.38. The highest BCUT2D eigenvalue weighted by Gasteiger charge is 2.27. The lowest BCUT2D eigenvalue weighted by atomic mass is 10.4. The molecule has 3 N–H and O–H groups in total. The molecule has 0 spiro atoms. The van der Waals surface area contributed by atoms with E-state index in [1.165, 1.54) is 10.9 Å². The van der Waals surface area contributed by atoms with Gasteiger partial charge in [-0.15, -0.1) is 0 Å². The van der Waals surface area contributed by atoms with Gasteiger partial charge in [-0.1, -0.05) is 0 Å². The normalized spacial score (nSPS) is 12.1. The van der Waals surface area contributed by atoms with Gasteiger partial charge in [0.2, 0.25) is 0 Å². The molecule has 0 fully saturated rings. The zero-order valence-electron chi connectivity index (χ0n) is 9.90. The topological polar surface area (TPSA) is 90.9 Å². The van der Waals surface area contributed by atoms with Gasteiger partial charge in [-0.2, -0.15) is 18.3 Å². The quantitative estimate of drug-likeness (QED) is 0.632. The lowest BCUT2D eigenvalue weighted by Gasteiger charge is -2.08. The molecule has 0 aliphatic carbocycles. The predicted octanol–water partition coefficient (Wildman–Crippen LogP) is 0.728. The number of ether oxygens (including phenoxy) is 1. The van der Waals surface area contributed by atoms with Gasteiger partial charge in [0.1, 0.15) is 13.2 Å². The number of rotatable bonds is 4. The maximum Gasteiger partial charge on any atom is 0.411 e. The lowest BCUT2D eigenvalue weighted by Crippen LogP contribution is -2.18. The maximum absolute atomic E-state index is 12.0. The van der Waals surface area contributed by atoms with Crippen molar-refractivity contribution in [2.45, 2.75) is 12.8 Å². The Kier molecular flexibility index (Phi) is 3.53. The van der Waals surface area contributed by atoms with Gasteiger partial charge in [0.25, 0.3) is 0 Å². The molecule has 0 amide bonds. The lowest BCUT2D eigenvalue weighted by molar-refractivity contribution is -0.177. The van der Waals surface area contributed by atoms with Crippen molar-refractivity contribution >= 4 is 16.9 Å². The first-order valence-corrected chi connectivity index (χ1v) is 5.20. The van der Waals surface area contributed by atoms with Crippen LogP contribution < -0.4 is 11.3 Å². The molecule has 2 heterocycles. The third kappa shape index (κ3) is 3.09. The Hall–Kier alpha value is -1.94. The molecule has 0 radical (unpaired) electrons. The molecule has 0 unspecified atom stereocenters. The van der Waals surface area contributed by atoms with Crippen molar-refractivity contribution in [3.63, 3.8) is 0 Å². The van der Waals surface area contributed by atoms with E-state index in [0.29, 0.717) is 11.0 Å². The number of nitrogens with two attached hydrogens (primary N) is 1. The molecular weight excluding hydrogens is 265 g/mol. The van der Waals surface area contributed by atoms with Crippen LogP contribution in [0.25, 0.3) is 11.0 Å². The molecule has 0 saturated heterocycles. The van der Waals surface area contributed by atoms with Gasteiger partial charge in [0.05, 0.1) is 11.6 Å². The van der Waals surface area contributed by atoms with Crippen LogP contribution in [0.3, 0.4) is 0 Å². The largest absolute Gasteiger partial charge is 0.411 e. The number of fused-ring (bicyclic) bond motifs is 1. The van der Waals surface area contributed by atoms with Crippen LogP contribution in [0.2, 0.25) is 0 Å². The Morgan fingerprint density at radius 1 is 1.42 bits per heavy atom. The molecule has 2 rings (SSSR count). The number of nitrogen functional groups attached to an aromatic ring is 1. The first-order valence-electron chi connectivity index (χ1n) is 5.20. The summed E-state index contributed by atoms with van der Waals surface area (Å²) in [5.74, 6) is 5.67. The summed E-state index contributed by atoms with van der Waals surface area (Å²) in [7, 11) is 1.65. The van der Waals surface area contributed by atoms with Crippen LogP contribution in [-0.4, -0.2) is 32.5 Å². The summed E-state index contributed by atoms with van der Waals surface area (Å²) in [6.45, 7) is -1.72. The van der Waals surface area contributed by atoms with Gasteiger partial charge in [0.15, 0.2) is 17.3 Å². The van der Waals surface area contributed by atoms with Gasteiger partial charge in [0, 0.05) is 7.05 Å². The summed E-state index contributed by atoms with van der Waals surface area (Å²) in [6.07, 6.45) is -2.88. The summed E-state index contributed by atoms with van der Waals surface area (Å²) in [5.41, 5.74) is 2.80. The summed E-state index contributed by atoms with van der Waals surface area (Å²) in [5, 5.41) is 4.54. The van der Waals surface area contributed by atoms with E-state index in [9.17, 15) is 13.2 Å². The van der Waals surface area contributed by atoms with Crippen molar-refractivity contribution in [2.75, 3.05) is 12.0 Å². The number of hydrogen-bond donors (Lipinski definition) is 2. The summed E-state index contributed by atoms with van der Waals surface area (Å²) < 4.78 is 41.8. The molecular formula is C9H11F3N6O. The van der Waals surface area contributed by atoms with E-state index in [1.807, 2.05) is 0 Å². The molecule has 0 bridgehead atoms. The van der Waals surface area contributed by atoms with E-state index in [-0.39, 0.29) is 18.2 Å². The third-order valence-corrected chi connectivity index (χ3v) is 2.27. The van der Waals surface area contributed by atoms with E-state index in [4.69, 9.17) is 5.84 Å². The van der Waals surface area contributed by atoms with E-state index in [2.05, 4.69) is 25.2 Å². The number of aryl methyl sites for hydroxylation is 1. The fourth-order valence-electron chi connectivity index (χ4n) is 1.50. The monoisotopic (exact) mass is 276 g/mol. The Labute approximate surface area is 105 Å². The van der Waals surface area contributed by atoms with Crippen molar-refractivity contribution in [3.8, 4) is 0 Å². The molecule has 0 atom stereocenters. The first-order chi connectivity index (χ1) is 8.90. The van der Waals surface area contributed by atoms with Crippen LogP contribution in [-0.2, 0) is 18.4 Å². The van der Waals surface area contributed by atoms with Crippen LogP contribution >= 0.6 is 0 Å². The third-order valence-electron chi connectivity index (χ3n) is 2.27. The number of alkyl halides is 3. The second-order valence-electron chi connectivity index (χ2n) is 3.75. The molecule has 104 valence electrons. The highest BCUT2D eigenvalue weighted by atomic mass is 19.4. The molecule has 19 heavy (non-hydrogen) atoms. The molecule has 0 saturated carbocycles. The number of aromatic nitrogens is 4. The second-order valence-corrected chi connectivity index (χ2v) is 3.75. The standard InChI is InChI=1S/C9H11F3N6O/c1-18-8-5(2-14-18)7(17-13)15-6(16-8)3-19-4-9(10,11)12/h2H,3-4,13H2,1H3,(H,15,16,17). The Morgan fingerprint density at radius 2 is 2.16 bits per heavy atom. The van der Waals surface area contributed by atoms with Gasteiger partial charge >= 0.3 is 6.18 Å². The molecule has 0 aliphatic heterocycles. The maximum atomic E-state index is 12.0. The first kappa shape index (κ1) is 13.5. The fourth-order valence-corrected chi connectivity index (χ4v) is 1.50. The predicted molar refractivity (Wildman–Crippen MR) is 59.8 cm³/mol. The Morgan fingerprint density at radius 3 is 2.79 bits per heavy atom. The minimum absolute atomic E-state index is 0.0910. The Bertz CT molecular complexity index is 581. The highest BCUT2D eigenvalue weighted by molar-refractivity contribution is 5.86. The molecule has 2 aromatic heterocycles. The van der Waals surface area contributed by atoms with Gasteiger partial charge < -0.3 is 10.2 Å². The molecule has 10 heteroatoms. The van der Waals surface area contributed by atoms with E-state index in [1.54, 1.807) is 7.05 Å². The number of hydrazine groups is 1. The minimum Gasteiger partial charge on any atom is -0.364 e. The fraction of sp³-hybridized carbons (Fsp3) is 0.444. The number of nitrogens with one attached hydrogen (secondary N) is 1. The van der Waals surface area contributed by atoms with Crippen LogP contribution in [0.1, 0.15) is 5.82 Å². The van der Waals surface area contributed by atoms with Crippen molar-refractivity contribution in [3.05, 3.63) is 12.0 Å². The van der Waals surface area contributed by atoms with E-state index < -0.39 is 12.8 Å². The summed E-state index contributed by atoms with van der Waals surface area (Å²) >= 11 is 0. The zero-order valence-corrected chi connectivity index (χ0v) is 9.90. The van der Waals surface area contributed by atoms with Crippen LogP contribution in [0.5, 0.6) is 0 Å². The second kappa shape index (κ2) is 4.97. The van der Waals surface area contributed by atoms with Crippen LogP contribution in [0, 0.1) is 0 Å². The van der Waals surface area contributed by atoms with Crippen molar-refractivity contribution in [2.24, 2.45) is 12.9 Å². The molecule has 0 aliphatic rings. The van der Waals surface area contributed by atoms with Crippen LogP contribution in [0.15, 0.2) is 6.20 Å². The van der Waals surface area contributed by atoms with Crippen molar-refractivity contribution < 1.29 is 17.9 Å². The SMILES string of the molecule is Cn1ncc2c(NN)nc(COCC(F)(F)F)nc21. The highest BCUT2D eigenvalue weighted by Crippen LogP contribution is 2.19. The van der Waals surface area contributed by atoms with Gasteiger partial charge in [-0.3, -0.25) is 4.68 Å². The van der Waals surface area contributed by atoms with Crippen molar-refractivity contribution in [1.29, 1.82) is 0 Å². The van der Waals surface area contributed by atoms with Gasteiger partial charge in [-0.05, 0) is 0 Å². The average molecular weight is 276 g/mol. The smallest absolute Gasteiger partial charge is 0.364 e. The average Bonchev–Trinajstić information content (AvgIpc) is 2.69. The molecule has 7 nitrogen and oxygen atoms in total. The zero-order chi connectivity index (χ0) is 14.0.